The molecule has 144 valence electrons. The molecular weight excluding hydrogens is 372 g/mol. The Bertz CT molecular complexity index is 1010. The van der Waals surface area contributed by atoms with Crippen LogP contribution >= 0.6 is 11.8 Å². The summed E-state index contributed by atoms with van der Waals surface area (Å²) < 4.78 is 2.00. The smallest absolute Gasteiger partial charge is 0.248 e. The summed E-state index contributed by atoms with van der Waals surface area (Å²) in [5.41, 5.74) is 9.59. The molecule has 28 heavy (non-hydrogen) atoms. The van der Waals surface area contributed by atoms with Crippen molar-refractivity contribution in [3.63, 3.8) is 0 Å². The molecule has 3 N–H and O–H groups in total. The molecule has 6 nitrogen and oxygen atoms in total. The largest absolute Gasteiger partial charge is 0.366 e. The molecule has 0 radical (unpaired) electrons. The average Bonchev–Trinajstić information content (AvgIpc) is 3.12. The zero-order chi connectivity index (χ0) is 20.3. The lowest BCUT2D eigenvalue weighted by atomic mass is 10.1. The van der Waals surface area contributed by atoms with E-state index in [0.717, 1.165) is 22.0 Å². The number of nitrogens with one attached hydrogen (secondary N) is 1. The molecule has 1 heterocycles. The van der Waals surface area contributed by atoms with E-state index in [9.17, 15) is 9.59 Å². The van der Waals surface area contributed by atoms with E-state index in [2.05, 4.69) is 35.4 Å². The molecule has 1 aromatic heterocycles. The molecule has 1 atom stereocenters. The summed E-state index contributed by atoms with van der Waals surface area (Å²) in [6.45, 7) is 5.93. The predicted molar refractivity (Wildman–Crippen MR) is 112 cm³/mol. The average molecular weight is 395 g/mol. The number of carbonyl (C=O) groups excluding carboxylic acids is 2. The summed E-state index contributed by atoms with van der Waals surface area (Å²) in [4.78, 5) is 28.1. The highest BCUT2D eigenvalue weighted by Gasteiger charge is 2.18. The zero-order valence-electron chi connectivity index (χ0n) is 16.0. The van der Waals surface area contributed by atoms with Gasteiger partial charge in [0, 0.05) is 23.6 Å². The van der Waals surface area contributed by atoms with Crippen molar-refractivity contribution >= 4 is 29.3 Å². The molecule has 0 bridgehead atoms. The normalized spacial score (nSPS) is 11.8. The van der Waals surface area contributed by atoms with Crippen molar-refractivity contribution in [2.75, 3.05) is 5.32 Å². The fourth-order valence-electron chi connectivity index (χ4n) is 2.71. The highest BCUT2D eigenvalue weighted by molar-refractivity contribution is 8.00. The third-order valence-electron chi connectivity index (χ3n) is 4.32. The van der Waals surface area contributed by atoms with Crippen molar-refractivity contribution in [1.29, 1.82) is 0 Å². The summed E-state index contributed by atoms with van der Waals surface area (Å²) in [5.74, 6) is -0.646. The van der Waals surface area contributed by atoms with Gasteiger partial charge in [0.25, 0.3) is 0 Å². The third kappa shape index (κ3) is 4.43. The van der Waals surface area contributed by atoms with Crippen LogP contribution in [0.2, 0.25) is 0 Å². The first kappa shape index (κ1) is 19.7. The highest BCUT2D eigenvalue weighted by Crippen LogP contribution is 2.27. The van der Waals surface area contributed by atoms with Gasteiger partial charge in [-0.15, -0.1) is 0 Å². The molecule has 1 unspecified atom stereocenters. The van der Waals surface area contributed by atoms with Gasteiger partial charge in [0.15, 0.2) is 5.16 Å². The van der Waals surface area contributed by atoms with Crippen LogP contribution in [0.25, 0.3) is 5.69 Å². The Morgan fingerprint density at radius 3 is 2.54 bits per heavy atom. The Hall–Kier alpha value is -3.06. The molecule has 0 fully saturated rings. The number of primary amides is 1. The zero-order valence-corrected chi connectivity index (χ0v) is 16.8. The van der Waals surface area contributed by atoms with Gasteiger partial charge in [0.1, 0.15) is 0 Å². The summed E-state index contributed by atoms with van der Waals surface area (Å²) in [5, 5.41) is 3.24. The molecule has 0 aliphatic heterocycles. The number of nitrogens with zero attached hydrogens (tertiary/aromatic N) is 2. The number of thioether (sulfide) groups is 1. The fraction of sp³-hybridized carbons (Fsp3) is 0.190. The molecule has 2 amide bonds. The second-order valence-corrected chi connectivity index (χ2v) is 7.87. The quantitative estimate of drug-likeness (QED) is 0.624. The first-order valence-corrected chi connectivity index (χ1v) is 9.71. The topological polar surface area (TPSA) is 90.0 Å². The number of hydrogen-bond acceptors (Lipinski definition) is 4. The van der Waals surface area contributed by atoms with Crippen molar-refractivity contribution < 1.29 is 9.59 Å². The molecule has 0 saturated carbocycles. The molecule has 0 spiro atoms. The van der Waals surface area contributed by atoms with Gasteiger partial charge < -0.3 is 11.1 Å². The Kier molecular flexibility index (Phi) is 5.84. The number of benzene rings is 2. The minimum Gasteiger partial charge on any atom is -0.366 e. The van der Waals surface area contributed by atoms with E-state index in [-0.39, 0.29) is 11.2 Å². The third-order valence-corrected chi connectivity index (χ3v) is 5.40. The van der Waals surface area contributed by atoms with E-state index < -0.39 is 5.91 Å². The SMILES string of the molecule is Cc1ccc(C)c(-n2ccnc2SC(C)C(=O)Nc2ccc(C(N)=O)cc2)c1. The molecule has 0 aliphatic rings. The van der Waals surface area contributed by atoms with Crippen molar-refractivity contribution in [1.82, 2.24) is 9.55 Å². The Morgan fingerprint density at radius 2 is 1.86 bits per heavy atom. The van der Waals surface area contributed by atoms with Crippen LogP contribution in [0.15, 0.2) is 60.0 Å². The van der Waals surface area contributed by atoms with E-state index in [4.69, 9.17) is 5.73 Å². The van der Waals surface area contributed by atoms with Crippen LogP contribution in [-0.4, -0.2) is 26.6 Å². The maximum absolute atomic E-state index is 12.6. The van der Waals surface area contributed by atoms with E-state index in [0.29, 0.717) is 11.3 Å². The van der Waals surface area contributed by atoms with Gasteiger partial charge in [-0.1, -0.05) is 23.9 Å². The maximum atomic E-state index is 12.6. The number of rotatable bonds is 6. The minimum absolute atomic E-state index is 0.146. The fourth-order valence-corrected chi connectivity index (χ4v) is 3.59. The van der Waals surface area contributed by atoms with Crippen molar-refractivity contribution in [3.05, 3.63) is 71.5 Å². The van der Waals surface area contributed by atoms with Crippen LogP contribution in [0.3, 0.4) is 0 Å². The number of amides is 2. The first-order chi connectivity index (χ1) is 13.3. The van der Waals surface area contributed by atoms with Crippen LogP contribution in [0, 0.1) is 13.8 Å². The van der Waals surface area contributed by atoms with E-state index in [1.54, 1.807) is 30.5 Å². The van der Waals surface area contributed by atoms with Gasteiger partial charge in [-0.3, -0.25) is 14.2 Å². The summed E-state index contributed by atoms with van der Waals surface area (Å²) in [6, 6.07) is 12.7. The summed E-state index contributed by atoms with van der Waals surface area (Å²) in [6.07, 6.45) is 3.63. The number of nitrogens with two attached hydrogens (primary N) is 1. The van der Waals surface area contributed by atoms with Crippen molar-refractivity contribution in [3.8, 4) is 5.69 Å². The Balaban J connectivity index is 1.72. The van der Waals surface area contributed by atoms with Gasteiger partial charge in [-0.2, -0.15) is 0 Å². The van der Waals surface area contributed by atoms with E-state index >= 15 is 0 Å². The van der Waals surface area contributed by atoms with Crippen LogP contribution in [0.4, 0.5) is 5.69 Å². The second kappa shape index (κ2) is 8.31. The van der Waals surface area contributed by atoms with E-state index in [1.807, 2.05) is 24.6 Å². The van der Waals surface area contributed by atoms with Crippen LogP contribution in [0.1, 0.15) is 28.4 Å². The summed E-state index contributed by atoms with van der Waals surface area (Å²) >= 11 is 1.39. The minimum atomic E-state index is -0.500. The lowest BCUT2D eigenvalue weighted by molar-refractivity contribution is -0.115. The molecular formula is C21H22N4O2S. The highest BCUT2D eigenvalue weighted by atomic mass is 32.2. The number of imidazole rings is 1. The molecule has 3 aromatic rings. The van der Waals surface area contributed by atoms with Crippen LogP contribution in [-0.2, 0) is 4.79 Å². The van der Waals surface area contributed by atoms with Crippen LogP contribution in [0.5, 0.6) is 0 Å². The van der Waals surface area contributed by atoms with Crippen molar-refractivity contribution in [2.24, 2.45) is 5.73 Å². The van der Waals surface area contributed by atoms with Crippen LogP contribution < -0.4 is 11.1 Å². The van der Waals surface area contributed by atoms with E-state index in [1.165, 1.54) is 11.8 Å². The Morgan fingerprint density at radius 1 is 1.14 bits per heavy atom. The lowest BCUT2D eigenvalue weighted by Crippen LogP contribution is -2.23. The molecule has 2 aromatic carbocycles. The second-order valence-electron chi connectivity index (χ2n) is 6.56. The summed E-state index contributed by atoms with van der Waals surface area (Å²) in [7, 11) is 0. The molecule has 3 rings (SSSR count). The van der Waals surface area contributed by atoms with Gasteiger partial charge in [0.05, 0.1) is 10.9 Å². The molecule has 0 saturated heterocycles. The van der Waals surface area contributed by atoms with Gasteiger partial charge in [-0.05, 0) is 62.2 Å². The standard InChI is InChI=1S/C21H22N4O2S/c1-13-4-5-14(2)18(12-13)25-11-10-23-21(25)28-15(3)20(27)24-17-8-6-16(7-9-17)19(22)26/h4-12,15H,1-3H3,(H2,22,26)(H,24,27). The predicted octanol–water partition coefficient (Wildman–Crippen LogP) is 3.71. The number of hydrogen-bond donors (Lipinski definition) is 2. The van der Waals surface area contributed by atoms with Gasteiger partial charge in [0.2, 0.25) is 11.8 Å². The first-order valence-electron chi connectivity index (χ1n) is 8.83. The number of carbonyl (C=O) groups is 2. The Labute approximate surface area is 168 Å². The number of anilines is 1. The monoisotopic (exact) mass is 394 g/mol. The van der Waals surface area contributed by atoms with Gasteiger partial charge in [-0.25, -0.2) is 4.98 Å². The maximum Gasteiger partial charge on any atom is 0.248 e. The lowest BCUT2D eigenvalue weighted by Gasteiger charge is -2.15. The molecule has 0 aliphatic carbocycles. The van der Waals surface area contributed by atoms with Gasteiger partial charge >= 0.3 is 0 Å². The number of aryl methyl sites for hydroxylation is 2. The van der Waals surface area contributed by atoms with Crippen molar-refractivity contribution in [2.45, 2.75) is 31.2 Å². The molecule has 7 heteroatoms. The number of aromatic nitrogens is 2.